The summed E-state index contributed by atoms with van der Waals surface area (Å²) >= 11 is 0. The van der Waals surface area contributed by atoms with Crippen molar-refractivity contribution in [3.8, 4) is 0 Å². The van der Waals surface area contributed by atoms with Crippen molar-refractivity contribution in [2.24, 2.45) is 5.92 Å². The van der Waals surface area contributed by atoms with E-state index in [-0.39, 0.29) is 25.2 Å². The molecule has 0 radical (unpaired) electrons. The first-order chi connectivity index (χ1) is 19.3. The Balaban J connectivity index is 3.56. The Morgan fingerprint density at radius 2 is 1.20 bits per heavy atom. The van der Waals surface area contributed by atoms with E-state index in [9.17, 15) is 19.8 Å². The predicted molar refractivity (Wildman–Crippen MR) is 165 cm³/mol. The molecule has 1 unspecified atom stereocenters. The molecule has 0 aromatic rings. The molecular weight excluding hydrogens is 504 g/mol. The van der Waals surface area contributed by atoms with Gasteiger partial charge in [0.15, 0.2) is 0 Å². The van der Waals surface area contributed by atoms with Crippen LogP contribution in [0.15, 0.2) is 36.5 Å². The van der Waals surface area contributed by atoms with E-state index in [0.29, 0.717) is 19.3 Å². The highest BCUT2D eigenvalue weighted by Crippen LogP contribution is 2.13. The number of esters is 2. The number of hydrogen-bond acceptors (Lipinski definition) is 6. The maximum absolute atomic E-state index is 11.9. The largest absolute Gasteiger partial charge is 0.463 e. The second-order valence-electron chi connectivity index (χ2n) is 11.2. The molecule has 2 atom stereocenters. The van der Waals surface area contributed by atoms with E-state index in [0.717, 1.165) is 70.1 Å². The first-order valence-corrected chi connectivity index (χ1v) is 16.0. The van der Waals surface area contributed by atoms with Crippen LogP contribution < -0.4 is 0 Å². The second-order valence-corrected chi connectivity index (χ2v) is 11.2. The lowest BCUT2D eigenvalue weighted by atomic mass is 10.0. The zero-order valence-electron chi connectivity index (χ0n) is 25.9. The van der Waals surface area contributed by atoms with Crippen molar-refractivity contribution in [2.45, 2.75) is 149 Å². The molecule has 0 spiro atoms. The summed E-state index contributed by atoms with van der Waals surface area (Å²) in [5.41, 5.74) is 0. The molecule has 0 aliphatic heterocycles. The molecule has 0 aliphatic carbocycles. The van der Waals surface area contributed by atoms with Gasteiger partial charge in [0, 0.05) is 12.8 Å². The summed E-state index contributed by atoms with van der Waals surface area (Å²) in [5.74, 6) is 0.163. The number of aliphatic hydroxyl groups is 2. The molecular formula is C34H60O6. The number of rotatable bonds is 27. The minimum absolute atomic E-state index is 0.136. The van der Waals surface area contributed by atoms with Crippen LogP contribution in [0.25, 0.3) is 0 Å². The van der Waals surface area contributed by atoms with Gasteiger partial charge in [-0.15, -0.1) is 0 Å². The summed E-state index contributed by atoms with van der Waals surface area (Å²) in [4.78, 5) is 23.7. The van der Waals surface area contributed by atoms with E-state index >= 15 is 0 Å². The monoisotopic (exact) mass is 564 g/mol. The Morgan fingerprint density at radius 1 is 0.675 bits per heavy atom. The van der Waals surface area contributed by atoms with Crippen molar-refractivity contribution >= 4 is 11.9 Å². The average Bonchev–Trinajstić information content (AvgIpc) is 2.92. The van der Waals surface area contributed by atoms with E-state index < -0.39 is 12.2 Å². The summed E-state index contributed by atoms with van der Waals surface area (Å²) in [5, 5.41) is 19.7. The number of hydrogen-bond donors (Lipinski definition) is 2. The fourth-order valence-electron chi connectivity index (χ4n) is 4.19. The van der Waals surface area contributed by atoms with Gasteiger partial charge in [-0.1, -0.05) is 121 Å². The van der Waals surface area contributed by atoms with Crippen LogP contribution in [0, 0.1) is 5.92 Å². The number of carbonyl (C=O) groups excluding carboxylic acids is 2. The van der Waals surface area contributed by atoms with Crippen LogP contribution in [0.3, 0.4) is 0 Å². The van der Waals surface area contributed by atoms with Crippen molar-refractivity contribution in [2.75, 3.05) is 13.2 Å². The van der Waals surface area contributed by atoms with Crippen LogP contribution in [0.4, 0.5) is 0 Å². The van der Waals surface area contributed by atoms with Gasteiger partial charge in [-0.3, -0.25) is 9.59 Å². The van der Waals surface area contributed by atoms with E-state index in [1.807, 2.05) is 18.2 Å². The molecule has 0 saturated heterocycles. The molecule has 0 heterocycles. The zero-order valence-corrected chi connectivity index (χ0v) is 25.9. The lowest BCUT2D eigenvalue weighted by molar-refractivity contribution is -0.152. The van der Waals surface area contributed by atoms with E-state index in [1.165, 1.54) is 32.1 Å². The molecule has 0 fully saturated rings. The van der Waals surface area contributed by atoms with Gasteiger partial charge < -0.3 is 19.7 Å². The number of carbonyl (C=O) groups is 2. The Morgan fingerprint density at radius 3 is 1.75 bits per heavy atom. The normalized spacial score (nSPS) is 13.6. The van der Waals surface area contributed by atoms with Crippen LogP contribution in [-0.2, 0) is 19.1 Å². The average molecular weight is 565 g/mol. The molecule has 40 heavy (non-hydrogen) atoms. The van der Waals surface area contributed by atoms with Crippen molar-refractivity contribution in [3.63, 3.8) is 0 Å². The van der Waals surface area contributed by atoms with Gasteiger partial charge in [0.05, 0.1) is 6.10 Å². The Kier molecular flexibility index (Phi) is 27.2. The van der Waals surface area contributed by atoms with Gasteiger partial charge in [-0.25, -0.2) is 0 Å². The summed E-state index contributed by atoms with van der Waals surface area (Å²) in [7, 11) is 0. The number of ether oxygens (including phenoxy) is 2. The van der Waals surface area contributed by atoms with Crippen molar-refractivity contribution in [3.05, 3.63) is 36.5 Å². The predicted octanol–water partition coefficient (Wildman–Crippen LogP) is 8.16. The molecule has 6 heteroatoms. The van der Waals surface area contributed by atoms with Gasteiger partial charge in [-0.05, 0) is 44.4 Å². The molecule has 0 aromatic heterocycles. The van der Waals surface area contributed by atoms with Gasteiger partial charge in [0.2, 0.25) is 0 Å². The summed E-state index contributed by atoms with van der Waals surface area (Å²) in [6, 6.07) is 0. The fourth-order valence-corrected chi connectivity index (χ4v) is 4.19. The quantitative estimate of drug-likeness (QED) is 0.0452. The van der Waals surface area contributed by atoms with Crippen molar-refractivity contribution in [1.29, 1.82) is 0 Å². The van der Waals surface area contributed by atoms with E-state index in [2.05, 4.69) is 32.9 Å². The van der Waals surface area contributed by atoms with E-state index in [4.69, 9.17) is 9.47 Å². The van der Waals surface area contributed by atoms with Crippen molar-refractivity contribution < 1.29 is 29.3 Å². The topological polar surface area (TPSA) is 93.1 Å². The van der Waals surface area contributed by atoms with Gasteiger partial charge in [0.25, 0.3) is 0 Å². The molecule has 0 rings (SSSR count). The third-order valence-electron chi connectivity index (χ3n) is 6.65. The smallest absolute Gasteiger partial charge is 0.305 e. The molecule has 6 nitrogen and oxygen atoms in total. The van der Waals surface area contributed by atoms with Gasteiger partial charge in [-0.2, -0.15) is 0 Å². The van der Waals surface area contributed by atoms with Crippen LogP contribution in [0.1, 0.15) is 136 Å². The minimum Gasteiger partial charge on any atom is -0.463 e. The highest BCUT2D eigenvalue weighted by molar-refractivity contribution is 5.69. The zero-order chi connectivity index (χ0) is 29.7. The molecule has 0 saturated carbocycles. The second kappa shape index (κ2) is 28.6. The highest BCUT2D eigenvalue weighted by Gasteiger charge is 2.12. The van der Waals surface area contributed by atoms with E-state index in [1.54, 1.807) is 6.08 Å². The molecule has 0 aliphatic rings. The van der Waals surface area contributed by atoms with Crippen molar-refractivity contribution in [1.82, 2.24) is 0 Å². The third-order valence-corrected chi connectivity index (χ3v) is 6.65. The molecule has 0 amide bonds. The summed E-state index contributed by atoms with van der Waals surface area (Å²) in [6.45, 7) is 6.32. The van der Waals surface area contributed by atoms with Crippen LogP contribution in [0.2, 0.25) is 0 Å². The van der Waals surface area contributed by atoms with Gasteiger partial charge >= 0.3 is 11.9 Å². The maximum atomic E-state index is 11.9. The number of allylic oxidation sites excluding steroid dienone is 4. The summed E-state index contributed by atoms with van der Waals surface area (Å²) in [6.07, 6.45) is 28.2. The Hall–Kier alpha value is -1.92. The number of aliphatic hydroxyl groups excluding tert-OH is 2. The molecule has 0 bridgehead atoms. The lowest BCUT2D eigenvalue weighted by Crippen LogP contribution is -2.25. The highest BCUT2D eigenvalue weighted by atomic mass is 16.6. The third kappa shape index (κ3) is 29.1. The Bertz CT molecular complexity index is 682. The molecule has 232 valence electrons. The van der Waals surface area contributed by atoms with Gasteiger partial charge in [0.1, 0.15) is 19.3 Å². The van der Waals surface area contributed by atoms with Crippen LogP contribution in [0.5, 0.6) is 0 Å². The van der Waals surface area contributed by atoms with Crippen LogP contribution in [-0.4, -0.2) is 47.6 Å². The molecule has 0 aromatic carbocycles. The minimum atomic E-state index is -0.984. The molecule has 2 N–H and O–H groups in total. The number of unbranched alkanes of at least 4 members (excludes halogenated alkanes) is 11. The standard InChI is InChI=1S/C34H60O6/c1-4-5-18-24-31(35)25-20-15-11-7-6-8-12-16-21-26-33(37)39-28-32(36)29-40-34(38)27-22-17-13-9-10-14-19-23-30(2)3/h5,11,15,18,20,25,30-32,35-36H,4,6-10,12-14,16-17,19,21-24,26-29H2,1-3H3/b15-11+,18-5+,25-20+/t31?,32-/m0/s1. The first-order valence-electron chi connectivity index (χ1n) is 16.0. The summed E-state index contributed by atoms with van der Waals surface area (Å²) < 4.78 is 10.2. The fraction of sp³-hybridized carbons (Fsp3) is 0.765. The lowest BCUT2D eigenvalue weighted by Gasteiger charge is -2.12. The Labute approximate surface area is 245 Å². The maximum Gasteiger partial charge on any atom is 0.305 e. The first kappa shape index (κ1) is 38.1. The SMILES string of the molecule is CC/C=C/CC(O)/C=C/C=C/CCCCCCCC(=O)OC[C@H](O)COC(=O)CCCCCCCCCC(C)C. The van der Waals surface area contributed by atoms with Crippen LogP contribution >= 0.6 is 0 Å².